The van der Waals surface area contributed by atoms with Crippen LogP contribution in [0.25, 0.3) is 10.2 Å². The minimum Gasteiger partial charge on any atom is -0.484 e. The van der Waals surface area contributed by atoms with Gasteiger partial charge in [0, 0.05) is 5.69 Å². The van der Waals surface area contributed by atoms with Crippen LogP contribution in [0.5, 0.6) is 5.75 Å². The number of carbonyl (C=O) groups excluding carboxylic acids is 1. The molecule has 0 aliphatic rings. The normalized spacial score (nSPS) is 10.8. The molecule has 2 aromatic carbocycles. The smallest absolute Gasteiger partial charge is 0.262 e. The van der Waals surface area contributed by atoms with Gasteiger partial charge in [0.05, 0.1) is 10.2 Å². The first kappa shape index (κ1) is 16.3. The zero-order valence-corrected chi connectivity index (χ0v) is 14.7. The second-order valence-electron chi connectivity index (χ2n) is 5.77. The van der Waals surface area contributed by atoms with Gasteiger partial charge in [-0.1, -0.05) is 17.4 Å². The minimum atomic E-state index is -0.204. The van der Waals surface area contributed by atoms with E-state index in [1.807, 2.05) is 51.1 Å². The van der Waals surface area contributed by atoms with Crippen molar-refractivity contribution >= 4 is 38.3 Å². The number of nitrogens with zero attached hydrogens (tertiary/aromatic N) is 1. The van der Waals surface area contributed by atoms with Gasteiger partial charge in [0.15, 0.2) is 11.7 Å². The summed E-state index contributed by atoms with van der Waals surface area (Å²) < 4.78 is 6.51. The van der Waals surface area contributed by atoms with Gasteiger partial charge in [0.1, 0.15) is 5.75 Å². The van der Waals surface area contributed by atoms with Gasteiger partial charge in [0.25, 0.3) is 5.91 Å². The molecule has 1 heterocycles. The van der Waals surface area contributed by atoms with Crippen LogP contribution in [0.1, 0.15) is 16.7 Å². The number of rotatable bonds is 4. The highest BCUT2D eigenvalue weighted by Gasteiger charge is 2.09. The third kappa shape index (κ3) is 3.49. The summed E-state index contributed by atoms with van der Waals surface area (Å²) in [6.07, 6.45) is 0. The Balaban J connectivity index is 1.67. The van der Waals surface area contributed by atoms with Crippen molar-refractivity contribution in [1.82, 2.24) is 4.98 Å². The summed E-state index contributed by atoms with van der Waals surface area (Å²) in [5, 5.41) is 3.38. The van der Waals surface area contributed by atoms with E-state index < -0.39 is 0 Å². The average molecular weight is 341 g/mol. The Morgan fingerprint density at radius 1 is 1.17 bits per heavy atom. The van der Waals surface area contributed by atoms with Crippen LogP contribution in [0.15, 0.2) is 30.3 Å². The third-order valence-corrected chi connectivity index (χ3v) is 4.67. The maximum absolute atomic E-state index is 12.1. The summed E-state index contributed by atoms with van der Waals surface area (Å²) in [4.78, 5) is 16.4. The van der Waals surface area contributed by atoms with Crippen molar-refractivity contribution in [1.29, 1.82) is 0 Å². The number of hydrogen-bond acceptors (Lipinski definition) is 5. The Kier molecular flexibility index (Phi) is 4.40. The Morgan fingerprint density at radius 3 is 2.71 bits per heavy atom. The number of nitrogen functional groups attached to an aromatic ring is 1. The molecule has 3 N–H and O–H groups in total. The zero-order valence-electron chi connectivity index (χ0n) is 13.8. The van der Waals surface area contributed by atoms with Crippen molar-refractivity contribution in [3.8, 4) is 5.75 Å². The van der Waals surface area contributed by atoms with E-state index in [0.29, 0.717) is 10.9 Å². The molecule has 0 fully saturated rings. The van der Waals surface area contributed by atoms with E-state index in [1.165, 1.54) is 16.9 Å². The lowest BCUT2D eigenvalue weighted by atomic mass is 10.1. The average Bonchev–Trinajstić information content (AvgIpc) is 2.89. The first-order valence-corrected chi connectivity index (χ1v) is 8.40. The molecule has 0 saturated carbocycles. The molecule has 0 aliphatic heterocycles. The molecule has 0 bridgehead atoms. The fourth-order valence-electron chi connectivity index (χ4n) is 2.44. The van der Waals surface area contributed by atoms with Crippen LogP contribution in [0, 0.1) is 20.8 Å². The van der Waals surface area contributed by atoms with Crippen molar-refractivity contribution < 1.29 is 9.53 Å². The lowest BCUT2D eigenvalue weighted by Crippen LogP contribution is -2.20. The zero-order chi connectivity index (χ0) is 17.3. The minimum absolute atomic E-state index is 0.0373. The Hall–Kier alpha value is -2.60. The molecule has 3 rings (SSSR count). The second-order valence-corrected chi connectivity index (χ2v) is 6.84. The second kappa shape index (κ2) is 6.49. The largest absolute Gasteiger partial charge is 0.484 e. The van der Waals surface area contributed by atoms with Crippen LogP contribution in [0.4, 0.5) is 10.8 Å². The lowest BCUT2D eigenvalue weighted by Gasteiger charge is -2.09. The predicted octanol–water partition coefficient (Wildman–Crippen LogP) is 3.82. The molecule has 0 unspecified atom stereocenters. The number of anilines is 2. The van der Waals surface area contributed by atoms with E-state index in [2.05, 4.69) is 10.3 Å². The van der Waals surface area contributed by atoms with E-state index in [1.54, 1.807) is 0 Å². The number of fused-ring (bicyclic) bond motifs is 1. The number of carbonyl (C=O) groups is 1. The number of nitrogens with one attached hydrogen (secondary N) is 1. The molecule has 0 atom stereocenters. The maximum Gasteiger partial charge on any atom is 0.262 e. The summed E-state index contributed by atoms with van der Waals surface area (Å²) in [6, 6.07) is 9.54. The molecule has 24 heavy (non-hydrogen) atoms. The predicted molar refractivity (Wildman–Crippen MR) is 98.8 cm³/mol. The van der Waals surface area contributed by atoms with E-state index in [-0.39, 0.29) is 12.5 Å². The molecule has 0 aliphatic carbocycles. The van der Waals surface area contributed by atoms with Crippen LogP contribution < -0.4 is 15.8 Å². The fourth-order valence-corrected chi connectivity index (χ4v) is 3.29. The van der Waals surface area contributed by atoms with E-state index in [4.69, 9.17) is 10.5 Å². The van der Waals surface area contributed by atoms with Crippen LogP contribution >= 0.6 is 11.3 Å². The molecule has 1 amide bonds. The number of aryl methyl sites for hydroxylation is 3. The fraction of sp³-hybridized carbons (Fsp3) is 0.222. The molecule has 5 nitrogen and oxygen atoms in total. The highest BCUT2D eigenvalue weighted by molar-refractivity contribution is 7.22. The quantitative estimate of drug-likeness (QED) is 0.756. The van der Waals surface area contributed by atoms with E-state index in [9.17, 15) is 4.79 Å². The first-order chi connectivity index (χ1) is 11.4. The standard InChI is InChI=1S/C18H19N3O2S/c1-10-4-5-14(7-11(10)2)23-9-16(22)20-13-6-12(3)17-15(8-13)24-18(19)21-17/h4-8H,9H2,1-3H3,(H2,19,21)(H,20,22). The molecule has 0 saturated heterocycles. The molecular formula is C18H19N3O2S. The van der Waals surface area contributed by atoms with Crippen LogP contribution in [-0.2, 0) is 4.79 Å². The number of nitrogens with two attached hydrogens (primary N) is 1. The summed E-state index contributed by atoms with van der Waals surface area (Å²) in [6.45, 7) is 5.96. The topological polar surface area (TPSA) is 77.2 Å². The van der Waals surface area contributed by atoms with E-state index >= 15 is 0 Å². The number of ether oxygens (including phenoxy) is 1. The SMILES string of the molecule is Cc1ccc(OCC(=O)Nc2cc(C)c3nc(N)sc3c2)cc1C. The van der Waals surface area contributed by atoms with Gasteiger partial charge in [-0.3, -0.25) is 4.79 Å². The van der Waals surface area contributed by atoms with Crippen molar-refractivity contribution in [2.75, 3.05) is 17.7 Å². The number of aromatic nitrogens is 1. The van der Waals surface area contributed by atoms with Gasteiger partial charge in [0.2, 0.25) is 0 Å². The first-order valence-electron chi connectivity index (χ1n) is 7.59. The van der Waals surface area contributed by atoms with Crippen molar-refractivity contribution in [2.24, 2.45) is 0 Å². The van der Waals surface area contributed by atoms with Crippen molar-refractivity contribution in [3.05, 3.63) is 47.0 Å². The van der Waals surface area contributed by atoms with Crippen LogP contribution in [0.3, 0.4) is 0 Å². The van der Waals surface area contributed by atoms with Crippen LogP contribution in [-0.4, -0.2) is 17.5 Å². The Bertz CT molecular complexity index is 918. The van der Waals surface area contributed by atoms with E-state index in [0.717, 1.165) is 27.0 Å². The third-order valence-electron chi connectivity index (χ3n) is 3.83. The number of benzene rings is 2. The number of amides is 1. The van der Waals surface area contributed by atoms with Gasteiger partial charge in [-0.2, -0.15) is 0 Å². The van der Waals surface area contributed by atoms with Gasteiger partial charge in [-0.05, 0) is 61.7 Å². The summed E-state index contributed by atoms with van der Waals surface area (Å²) >= 11 is 1.40. The highest BCUT2D eigenvalue weighted by atomic mass is 32.1. The summed E-state index contributed by atoms with van der Waals surface area (Å²) in [5.74, 6) is 0.486. The van der Waals surface area contributed by atoms with Gasteiger partial charge >= 0.3 is 0 Å². The Morgan fingerprint density at radius 2 is 1.96 bits per heavy atom. The molecular weight excluding hydrogens is 322 g/mol. The molecule has 3 aromatic rings. The van der Waals surface area contributed by atoms with Gasteiger partial charge in [-0.25, -0.2) is 4.98 Å². The number of thiazole rings is 1. The maximum atomic E-state index is 12.1. The summed E-state index contributed by atoms with van der Waals surface area (Å²) in [7, 11) is 0. The highest BCUT2D eigenvalue weighted by Crippen LogP contribution is 2.29. The molecule has 1 aromatic heterocycles. The summed E-state index contributed by atoms with van der Waals surface area (Å²) in [5.41, 5.74) is 10.6. The lowest BCUT2D eigenvalue weighted by molar-refractivity contribution is -0.118. The van der Waals surface area contributed by atoms with Gasteiger partial charge in [-0.15, -0.1) is 0 Å². The monoisotopic (exact) mass is 341 g/mol. The van der Waals surface area contributed by atoms with Crippen molar-refractivity contribution in [2.45, 2.75) is 20.8 Å². The van der Waals surface area contributed by atoms with Gasteiger partial charge < -0.3 is 15.8 Å². The molecule has 124 valence electrons. The Labute approximate surface area is 144 Å². The van der Waals surface area contributed by atoms with Crippen molar-refractivity contribution in [3.63, 3.8) is 0 Å². The molecule has 6 heteroatoms. The molecule has 0 radical (unpaired) electrons. The van der Waals surface area contributed by atoms with Crippen LogP contribution in [0.2, 0.25) is 0 Å². The molecule has 0 spiro atoms. The number of hydrogen-bond donors (Lipinski definition) is 2.